The number of carbonyl (C=O) groups is 2. The van der Waals surface area contributed by atoms with Gasteiger partial charge in [-0.3, -0.25) is 14.2 Å². The van der Waals surface area contributed by atoms with Crippen LogP contribution in [0.4, 0.5) is 0 Å². The zero-order chi connectivity index (χ0) is 57.9. The maximum atomic E-state index is 13.5. The van der Waals surface area contributed by atoms with Crippen LogP contribution in [-0.2, 0) is 27.9 Å². The molecule has 3 atom stereocenters. The first-order chi connectivity index (χ1) is 38.4. The number of nitrogens with one attached hydrogen (secondary N) is 1. The van der Waals surface area contributed by atoms with Crippen LogP contribution in [0.5, 0.6) is 0 Å². The molecule has 79 heavy (non-hydrogen) atoms. The Labute approximate surface area is 488 Å². The highest BCUT2D eigenvalue weighted by Crippen LogP contribution is 2.38. The summed E-state index contributed by atoms with van der Waals surface area (Å²) in [6, 6.07) is -0.906. The normalized spacial score (nSPS) is 14.3. The van der Waals surface area contributed by atoms with Crippen LogP contribution in [0.3, 0.4) is 0 Å². The van der Waals surface area contributed by atoms with Gasteiger partial charge in [-0.2, -0.15) is 0 Å². The van der Waals surface area contributed by atoms with Gasteiger partial charge in [0.25, 0.3) is 7.82 Å². The lowest BCUT2D eigenvalue weighted by molar-refractivity contribution is -0.870. The number of esters is 1. The van der Waals surface area contributed by atoms with Gasteiger partial charge in [0, 0.05) is 12.8 Å². The van der Waals surface area contributed by atoms with Crippen LogP contribution >= 0.6 is 7.82 Å². The molecule has 0 aromatic heterocycles. The fourth-order valence-corrected chi connectivity index (χ4v) is 9.65. The summed E-state index contributed by atoms with van der Waals surface area (Å²) >= 11 is 0. The van der Waals surface area contributed by atoms with E-state index >= 15 is 0 Å². The van der Waals surface area contributed by atoms with Crippen LogP contribution < -0.4 is 10.2 Å². The van der Waals surface area contributed by atoms with Gasteiger partial charge >= 0.3 is 5.97 Å². The first kappa shape index (κ1) is 75.9. The zero-order valence-electron chi connectivity index (χ0n) is 52.1. The highest BCUT2D eigenvalue weighted by Gasteiger charge is 2.27. The number of carbonyl (C=O) groups excluding carboxylic acids is 2. The standard InChI is InChI=1S/C69H123N2O7P/c1-7-10-13-16-19-22-25-27-29-31-33-34-35-36-38-40-42-44-47-50-53-56-59-62-69(73)78-67(60-57-54-51-48-45-24-21-18-15-12-9-3)66(65-77-79(74,75)76-64-63-71(4,5)6)70-68(72)61-58-55-52-49-46-43-41-39-37-32-30-28-26-23-20-17-14-11-8-2/h19-20,22-23,27-30,33-34,36-39,57,60,66-67H,7-18,21,24-26,31-32,35,40-56,58-59,61-65H2,1-6H3,(H-,70,72,74,75)/b22-19-,23-20-,29-27-,30-28-,34-33-,38-36-,39-37-,60-57+. The molecule has 0 fully saturated rings. The molecule has 0 saturated heterocycles. The van der Waals surface area contributed by atoms with E-state index in [-0.39, 0.29) is 24.9 Å². The quantitative estimate of drug-likeness (QED) is 0.0212. The summed E-state index contributed by atoms with van der Waals surface area (Å²) in [7, 11) is 1.16. The number of unbranched alkanes of at least 4 members (excludes halogenated alkanes) is 28. The molecule has 9 nitrogen and oxygen atoms in total. The molecule has 0 heterocycles. The number of quaternary nitrogens is 1. The number of ether oxygens (including phenoxy) is 1. The van der Waals surface area contributed by atoms with Crippen LogP contribution in [0.1, 0.15) is 278 Å². The first-order valence-electron chi connectivity index (χ1n) is 32.5. The SMILES string of the molecule is CCCCC/C=C\C/C=C\C/C=C\C/C=C\CCCCCCCCCC(=O)OC(/C=C/CCCCCCCCCCC)C(COP(=O)([O-])OCC[N+](C)(C)C)NC(=O)CCCCCCCC/C=C\C/C=C\C/C=C\CCCCC. The Bertz CT molecular complexity index is 1670. The van der Waals surface area contributed by atoms with Gasteiger partial charge in [-0.05, 0) is 115 Å². The van der Waals surface area contributed by atoms with Crippen LogP contribution in [-0.4, -0.2) is 69.4 Å². The van der Waals surface area contributed by atoms with Gasteiger partial charge in [0.15, 0.2) is 0 Å². The molecule has 3 unspecified atom stereocenters. The molecule has 1 amide bonds. The number of hydrogen-bond donors (Lipinski definition) is 1. The molecular weight excluding hydrogens is 1000 g/mol. The van der Waals surface area contributed by atoms with Gasteiger partial charge in [0.1, 0.15) is 19.3 Å². The predicted octanol–water partition coefficient (Wildman–Crippen LogP) is 19.7. The fraction of sp³-hybridized carbons (Fsp3) is 0.739. The summed E-state index contributed by atoms with van der Waals surface area (Å²) < 4.78 is 30.3. The number of allylic oxidation sites excluding steroid dienone is 15. The Balaban J connectivity index is 5.21. The Morgan fingerprint density at radius 1 is 0.443 bits per heavy atom. The lowest BCUT2D eigenvalue weighted by Crippen LogP contribution is -2.47. The molecular formula is C69H123N2O7P. The van der Waals surface area contributed by atoms with E-state index < -0.39 is 26.6 Å². The summed E-state index contributed by atoms with van der Waals surface area (Å²) in [4.78, 5) is 40.0. The van der Waals surface area contributed by atoms with E-state index in [0.717, 1.165) is 122 Å². The molecule has 0 aliphatic rings. The van der Waals surface area contributed by atoms with Gasteiger partial charge < -0.3 is 28.5 Å². The summed E-state index contributed by atoms with van der Waals surface area (Å²) in [5.74, 6) is -0.570. The van der Waals surface area contributed by atoms with Gasteiger partial charge in [-0.15, -0.1) is 0 Å². The van der Waals surface area contributed by atoms with Gasteiger partial charge in [0.2, 0.25) is 5.91 Å². The minimum absolute atomic E-state index is 0.0314. The van der Waals surface area contributed by atoms with Crippen molar-refractivity contribution in [2.75, 3.05) is 40.9 Å². The maximum absolute atomic E-state index is 13.5. The van der Waals surface area contributed by atoms with E-state index in [2.05, 4.69) is 111 Å². The molecule has 0 bridgehead atoms. The second kappa shape index (κ2) is 58.1. The van der Waals surface area contributed by atoms with Gasteiger partial charge in [-0.1, -0.05) is 247 Å². The van der Waals surface area contributed by atoms with Crippen molar-refractivity contribution in [3.05, 3.63) is 97.2 Å². The molecule has 0 aromatic carbocycles. The van der Waals surface area contributed by atoms with Crippen LogP contribution in [0.15, 0.2) is 97.2 Å². The summed E-state index contributed by atoms with van der Waals surface area (Å²) in [6.45, 7) is 6.76. The lowest BCUT2D eigenvalue weighted by Gasteiger charge is -2.30. The molecule has 0 aliphatic heterocycles. The minimum Gasteiger partial charge on any atom is -0.756 e. The van der Waals surface area contributed by atoms with E-state index in [1.807, 2.05) is 33.3 Å². The third kappa shape index (κ3) is 59.4. The molecule has 10 heteroatoms. The maximum Gasteiger partial charge on any atom is 0.306 e. The fourth-order valence-electron chi connectivity index (χ4n) is 8.92. The van der Waals surface area contributed by atoms with Crippen LogP contribution in [0.2, 0.25) is 0 Å². The monoisotopic (exact) mass is 1120 g/mol. The topological polar surface area (TPSA) is 114 Å². The van der Waals surface area contributed by atoms with Crippen LogP contribution in [0, 0.1) is 0 Å². The van der Waals surface area contributed by atoms with E-state index in [4.69, 9.17) is 13.8 Å². The van der Waals surface area contributed by atoms with Gasteiger partial charge in [-0.25, -0.2) is 0 Å². The van der Waals surface area contributed by atoms with E-state index in [9.17, 15) is 19.0 Å². The average Bonchev–Trinajstić information content (AvgIpc) is 3.41. The Hall–Kier alpha value is -3.07. The van der Waals surface area contributed by atoms with Crippen molar-refractivity contribution in [2.45, 2.75) is 290 Å². The van der Waals surface area contributed by atoms with Crippen molar-refractivity contribution in [3.63, 3.8) is 0 Å². The van der Waals surface area contributed by atoms with E-state index in [0.29, 0.717) is 23.9 Å². The number of amides is 1. The van der Waals surface area contributed by atoms with Crippen molar-refractivity contribution in [1.29, 1.82) is 0 Å². The molecule has 0 saturated carbocycles. The third-order valence-electron chi connectivity index (χ3n) is 14.0. The van der Waals surface area contributed by atoms with E-state index in [1.54, 1.807) is 0 Å². The highest BCUT2D eigenvalue weighted by molar-refractivity contribution is 7.45. The lowest BCUT2D eigenvalue weighted by atomic mass is 10.1. The molecule has 0 rings (SSSR count). The molecule has 0 spiro atoms. The van der Waals surface area contributed by atoms with Gasteiger partial charge in [0.05, 0.1) is 33.8 Å². The number of hydrogen-bond acceptors (Lipinski definition) is 7. The van der Waals surface area contributed by atoms with Crippen molar-refractivity contribution in [2.24, 2.45) is 0 Å². The largest absolute Gasteiger partial charge is 0.756 e. The number of rotatable bonds is 58. The molecule has 456 valence electrons. The van der Waals surface area contributed by atoms with Crippen molar-refractivity contribution < 1.29 is 37.3 Å². The Morgan fingerprint density at radius 2 is 0.772 bits per heavy atom. The molecule has 0 aromatic rings. The van der Waals surface area contributed by atoms with Crippen molar-refractivity contribution >= 4 is 19.7 Å². The first-order valence-corrected chi connectivity index (χ1v) is 34.0. The molecule has 1 N–H and O–H groups in total. The Kier molecular flexibility index (Phi) is 55.9. The van der Waals surface area contributed by atoms with Crippen molar-refractivity contribution in [3.8, 4) is 0 Å². The molecule has 0 aliphatic carbocycles. The third-order valence-corrected chi connectivity index (χ3v) is 15.0. The number of likely N-dealkylation sites (N-methyl/N-ethyl adjacent to an activating group) is 1. The number of phosphoric ester groups is 1. The van der Waals surface area contributed by atoms with Crippen molar-refractivity contribution in [1.82, 2.24) is 5.32 Å². The number of phosphoric acid groups is 1. The highest BCUT2D eigenvalue weighted by atomic mass is 31.2. The second-order valence-electron chi connectivity index (χ2n) is 22.9. The number of nitrogens with zero attached hydrogens (tertiary/aromatic N) is 1. The molecule has 0 radical (unpaired) electrons. The predicted molar refractivity (Wildman–Crippen MR) is 339 cm³/mol. The smallest absolute Gasteiger partial charge is 0.306 e. The second-order valence-corrected chi connectivity index (χ2v) is 24.3. The van der Waals surface area contributed by atoms with E-state index in [1.165, 1.54) is 116 Å². The minimum atomic E-state index is -4.71. The zero-order valence-corrected chi connectivity index (χ0v) is 52.9. The summed E-state index contributed by atoms with van der Waals surface area (Å²) in [5, 5.41) is 3.02. The summed E-state index contributed by atoms with van der Waals surface area (Å²) in [6.07, 6.45) is 78.0. The Morgan fingerprint density at radius 3 is 1.18 bits per heavy atom. The van der Waals surface area contributed by atoms with Crippen LogP contribution in [0.25, 0.3) is 0 Å². The summed E-state index contributed by atoms with van der Waals surface area (Å²) in [5.41, 5.74) is 0. The average molecular weight is 1120 g/mol.